The molecule has 1 saturated heterocycles. The van der Waals surface area contributed by atoms with Crippen molar-refractivity contribution in [2.45, 2.75) is 13.8 Å². The molecule has 0 unspecified atom stereocenters. The first-order chi connectivity index (χ1) is 13.9. The van der Waals surface area contributed by atoms with Crippen LogP contribution in [0.3, 0.4) is 0 Å². The molecule has 1 aliphatic heterocycles. The Morgan fingerprint density at radius 1 is 0.897 bits per heavy atom. The molecule has 0 atom stereocenters. The Hall–Kier alpha value is -2.77. The Bertz CT molecular complexity index is 879. The van der Waals surface area contributed by atoms with Gasteiger partial charge in [0, 0.05) is 11.4 Å². The molecule has 0 bridgehead atoms. The van der Waals surface area contributed by atoms with E-state index in [4.69, 9.17) is 0 Å². The molecule has 0 radical (unpaired) electrons. The molecule has 0 spiro atoms. The van der Waals surface area contributed by atoms with Gasteiger partial charge in [0.2, 0.25) is 0 Å². The molecule has 1 aliphatic rings. The Morgan fingerprint density at radius 2 is 1.48 bits per heavy atom. The largest absolute Gasteiger partial charge is 0.321 e. The summed E-state index contributed by atoms with van der Waals surface area (Å²) >= 11 is 0. The van der Waals surface area contributed by atoms with Crippen LogP contribution in [0.4, 0.5) is 15.8 Å². The highest BCUT2D eigenvalue weighted by atomic mass is 19.1. The van der Waals surface area contributed by atoms with E-state index in [2.05, 4.69) is 10.6 Å². The number of piperazine rings is 1. The van der Waals surface area contributed by atoms with Crippen molar-refractivity contribution in [1.29, 1.82) is 0 Å². The summed E-state index contributed by atoms with van der Waals surface area (Å²) in [6.07, 6.45) is 0. The van der Waals surface area contributed by atoms with Crippen LogP contribution in [0.1, 0.15) is 11.1 Å². The molecule has 7 heteroatoms. The molecule has 3 rings (SSSR count). The third kappa shape index (κ3) is 6.10. The second-order valence-corrected chi connectivity index (χ2v) is 7.71. The van der Waals surface area contributed by atoms with E-state index in [1.54, 1.807) is 12.1 Å². The second kappa shape index (κ2) is 9.62. The number of carbonyl (C=O) groups excluding carboxylic acids is 2. The zero-order valence-corrected chi connectivity index (χ0v) is 17.0. The van der Waals surface area contributed by atoms with Crippen molar-refractivity contribution in [3.05, 3.63) is 59.4 Å². The SMILES string of the molecule is Cc1cccc(NC(=O)C[NH+]2CC[NH+](CC(=O)Nc3cccc(F)c3)CC2)c1C. The highest BCUT2D eigenvalue weighted by Gasteiger charge is 2.26. The van der Waals surface area contributed by atoms with Crippen molar-refractivity contribution in [3.63, 3.8) is 0 Å². The predicted molar refractivity (Wildman–Crippen MR) is 111 cm³/mol. The summed E-state index contributed by atoms with van der Waals surface area (Å²) in [4.78, 5) is 27.0. The summed E-state index contributed by atoms with van der Waals surface area (Å²) in [5, 5.41) is 5.75. The van der Waals surface area contributed by atoms with Crippen molar-refractivity contribution < 1.29 is 23.8 Å². The van der Waals surface area contributed by atoms with Crippen molar-refractivity contribution in [3.8, 4) is 0 Å². The van der Waals surface area contributed by atoms with Gasteiger partial charge in [-0.15, -0.1) is 0 Å². The van der Waals surface area contributed by atoms with Crippen LogP contribution in [-0.4, -0.2) is 51.1 Å². The number of nitrogens with one attached hydrogen (secondary N) is 4. The van der Waals surface area contributed by atoms with Gasteiger partial charge >= 0.3 is 0 Å². The third-order valence-corrected chi connectivity index (χ3v) is 5.47. The van der Waals surface area contributed by atoms with E-state index in [1.165, 1.54) is 21.9 Å². The first kappa shape index (κ1) is 21.0. The summed E-state index contributed by atoms with van der Waals surface area (Å²) < 4.78 is 13.2. The molecular formula is C22H29FN4O2+2. The Labute approximate surface area is 170 Å². The number of hydrogen-bond acceptors (Lipinski definition) is 2. The van der Waals surface area contributed by atoms with Crippen molar-refractivity contribution in [1.82, 2.24) is 0 Å². The number of carbonyl (C=O) groups is 2. The lowest BCUT2D eigenvalue weighted by Crippen LogP contribution is -3.28. The fourth-order valence-corrected chi connectivity index (χ4v) is 3.62. The number of rotatable bonds is 6. The smallest absolute Gasteiger partial charge is 0.279 e. The van der Waals surface area contributed by atoms with Crippen molar-refractivity contribution in [2.75, 3.05) is 49.9 Å². The minimum absolute atomic E-state index is 0.0148. The normalized spacial score (nSPS) is 18.9. The predicted octanol–water partition coefficient (Wildman–Crippen LogP) is -0.197. The molecule has 0 aliphatic carbocycles. The topological polar surface area (TPSA) is 67.1 Å². The summed E-state index contributed by atoms with van der Waals surface area (Å²) in [5.74, 6) is -0.478. The zero-order chi connectivity index (χ0) is 20.8. The van der Waals surface area contributed by atoms with Crippen molar-refractivity contribution in [2.24, 2.45) is 0 Å². The van der Waals surface area contributed by atoms with E-state index < -0.39 is 0 Å². The van der Waals surface area contributed by atoms with E-state index in [-0.39, 0.29) is 17.6 Å². The Morgan fingerprint density at radius 3 is 2.10 bits per heavy atom. The fourth-order valence-electron chi connectivity index (χ4n) is 3.62. The summed E-state index contributed by atoms with van der Waals surface area (Å²) in [6, 6.07) is 11.8. The highest BCUT2D eigenvalue weighted by Crippen LogP contribution is 2.17. The van der Waals surface area contributed by atoms with Gasteiger partial charge in [0.05, 0.1) is 0 Å². The second-order valence-electron chi connectivity index (χ2n) is 7.71. The number of quaternary nitrogens is 2. The molecular weight excluding hydrogens is 371 g/mol. The Balaban J connectivity index is 1.41. The molecule has 1 fully saturated rings. The number of amides is 2. The highest BCUT2D eigenvalue weighted by molar-refractivity contribution is 5.92. The molecule has 0 saturated carbocycles. The van der Waals surface area contributed by atoms with Gasteiger partial charge in [0.25, 0.3) is 11.8 Å². The van der Waals surface area contributed by atoms with Crippen LogP contribution in [0.15, 0.2) is 42.5 Å². The quantitative estimate of drug-likeness (QED) is 0.543. The Kier molecular flexibility index (Phi) is 6.95. The number of hydrogen-bond donors (Lipinski definition) is 4. The average Bonchev–Trinajstić information content (AvgIpc) is 2.67. The molecule has 4 N–H and O–H groups in total. The summed E-state index contributed by atoms with van der Waals surface area (Å²) in [5.41, 5.74) is 3.59. The maximum atomic E-state index is 13.2. The third-order valence-electron chi connectivity index (χ3n) is 5.47. The minimum Gasteiger partial charge on any atom is -0.321 e. The molecule has 6 nitrogen and oxygen atoms in total. The van der Waals surface area contributed by atoms with Gasteiger partial charge in [-0.3, -0.25) is 9.59 Å². The lowest BCUT2D eigenvalue weighted by molar-refractivity contribution is -1.00. The van der Waals surface area contributed by atoms with E-state index in [1.807, 2.05) is 32.0 Å². The molecule has 154 valence electrons. The van der Waals surface area contributed by atoms with Crippen LogP contribution < -0.4 is 20.4 Å². The van der Waals surface area contributed by atoms with Gasteiger partial charge in [-0.25, -0.2) is 4.39 Å². The van der Waals surface area contributed by atoms with Crippen LogP contribution in [-0.2, 0) is 9.59 Å². The van der Waals surface area contributed by atoms with Gasteiger partial charge in [-0.05, 0) is 49.2 Å². The van der Waals surface area contributed by atoms with Crippen LogP contribution in [0, 0.1) is 19.7 Å². The fraction of sp³-hybridized carbons (Fsp3) is 0.364. The molecule has 2 aromatic rings. The summed E-state index contributed by atoms with van der Waals surface area (Å²) in [7, 11) is 0. The molecule has 1 heterocycles. The number of benzene rings is 2. The van der Waals surface area contributed by atoms with E-state index in [9.17, 15) is 14.0 Å². The number of aryl methyl sites for hydroxylation is 1. The van der Waals surface area contributed by atoms with Gasteiger partial charge in [-0.2, -0.15) is 0 Å². The molecule has 0 aromatic heterocycles. The first-order valence-corrected chi connectivity index (χ1v) is 9.99. The maximum absolute atomic E-state index is 13.2. The van der Waals surface area contributed by atoms with Crippen molar-refractivity contribution >= 4 is 23.2 Å². The average molecular weight is 400 g/mol. The van der Waals surface area contributed by atoms with Gasteiger partial charge in [0.1, 0.15) is 32.0 Å². The monoisotopic (exact) mass is 400 g/mol. The van der Waals surface area contributed by atoms with E-state index >= 15 is 0 Å². The lowest BCUT2D eigenvalue weighted by Gasteiger charge is -2.29. The molecule has 2 amide bonds. The first-order valence-electron chi connectivity index (χ1n) is 9.99. The van der Waals surface area contributed by atoms with Gasteiger partial charge in [-0.1, -0.05) is 18.2 Å². The van der Waals surface area contributed by atoms with E-state index in [0.717, 1.165) is 43.0 Å². The van der Waals surface area contributed by atoms with E-state index in [0.29, 0.717) is 18.8 Å². The van der Waals surface area contributed by atoms with Crippen LogP contribution in [0.5, 0.6) is 0 Å². The van der Waals surface area contributed by atoms with Crippen LogP contribution in [0.2, 0.25) is 0 Å². The van der Waals surface area contributed by atoms with Gasteiger partial charge < -0.3 is 20.4 Å². The minimum atomic E-state index is -0.369. The standard InChI is InChI=1S/C22H27FN4O2/c1-16-5-3-8-20(17(16)2)25-22(29)15-27-11-9-26(10-12-27)14-21(28)24-19-7-4-6-18(23)13-19/h3-8,13H,9-12,14-15H2,1-2H3,(H,24,28)(H,25,29)/p+2. The zero-order valence-electron chi connectivity index (χ0n) is 17.0. The van der Waals surface area contributed by atoms with Crippen LogP contribution in [0.25, 0.3) is 0 Å². The summed E-state index contributed by atoms with van der Waals surface area (Å²) in [6.45, 7) is 8.13. The number of anilines is 2. The lowest BCUT2D eigenvalue weighted by atomic mass is 10.1. The maximum Gasteiger partial charge on any atom is 0.279 e. The molecule has 2 aromatic carbocycles. The number of halogens is 1. The molecule has 29 heavy (non-hydrogen) atoms. The van der Waals surface area contributed by atoms with Gasteiger partial charge in [0.15, 0.2) is 13.1 Å². The van der Waals surface area contributed by atoms with Crippen LogP contribution >= 0.6 is 0 Å².